The molecule has 0 saturated carbocycles. The van der Waals surface area contributed by atoms with Crippen molar-refractivity contribution in [2.75, 3.05) is 5.32 Å². The first-order valence-electron chi connectivity index (χ1n) is 9.36. The fraction of sp³-hybridized carbons (Fsp3) is 0.273. The van der Waals surface area contributed by atoms with Crippen molar-refractivity contribution in [2.45, 2.75) is 39.3 Å². The highest BCUT2D eigenvalue weighted by atomic mass is 127. The van der Waals surface area contributed by atoms with Gasteiger partial charge < -0.3 is 11.1 Å². The molecule has 0 aliphatic carbocycles. The van der Waals surface area contributed by atoms with Gasteiger partial charge in [-0.25, -0.2) is 4.99 Å². The Morgan fingerprint density at radius 3 is 2.57 bits per heavy atom. The first kappa shape index (κ1) is 21.9. The SMILES string of the molecule is CCC(C)c1ccc(NC(N)=NCc2cccc(Cn3cccn3)c2)cc1.I. The van der Waals surface area contributed by atoms with Crippen LogP contribution >= 0.6 is 24.0 Å². The van der Waals surface area contributed by atoms with Crippen LogP contribution in [0.3, 0.4) is 0 Å². The Hall–Kier alpha value is -2.35. The molecule has 3 N–H and O–H groups in total. The number of nitrogens with zero attached hydrogens (tertiary/aromatic N) is 3. The lowest BCUT2D eigenvalue weighted by atomic mass is 9.99. The van der Waals surface area contributed by atoms with Crippen molar-refractivity contribution < 1.29 is 0 Å². The van der Waals surface area contributed by atoms with E-state index in [0.717, 1.165) is 24.2 Å². The van der Waals surface area contributed by atoms with Gasteiger partial charge in [-0.05, 0) is 47.2 Å². The van der Waals surface area contributed by atoms with Crippen molar-refractivity contribution >= 4 is 35.6 Å². The summed E-state index contributed by atoms with van der Waals surface area (Å²) in [5, 5.41) is 7.40. The lowest BCUT2D eigenvalue weighted by Gasteiger charge is -2.11. The summed E-state index contributed by atoms with van der Waals surface area (Å²) in [5.74, 6) is 0.989. The molecule has 0 fully saturated rings. The van der Waals surface area contributed by atoms with E-state index in [1.807, 2.05) is 23.0 Å². The highest BCUT2D eigenvalue weighted by Crippen LogP contribution is 2.20. The topological polar surface area (TPSA) is 68.2 Å². The summed E-state index contributed by atoms with van der Waals surface area (Å²) in [7, 11) is 0. The molecule has 0 aliphatic rings. The Balaban J connectivity index is 0.00000280. The number of nitrogens with one attached hydrogen (secondary N) is 1. The maximum Gasteiger partial charge on any atom is 0.193 e. The number of hydrogen-bond acceptors (Lipinski definition) is 2. The Kier molecular flexibility index (Phi) is 8.50. The van der Waals surface area contributed by atoms with Gasteiger partial charge in [-0.1, -0.05) is 50.2 Å². The summed E-state index contributed by atoms with van der Waals surface area (Å²) < 4.78 is 1.90. The van der Waals surface area contributed by atoms with Crippen molar-refractivity contribution in [2.24, 2.45) is 10.7 Å². The molecular weight excluding hydrogens is 461 g/mol. The molecular formula is C22H28IN5. The van der Waals surface area contributed by atoms with Crippen molar-refractivity contribution in [3.05, 3.63) is 83.7 Å². The van der Waals surface area contributed by atoms with Crippen molar-refractivity contribution in [3.63, 3.8) is 0 Å². The number of halogens is 1. The standard InChI is InChI=1S/C22H27N5.HI/c1-3-17(2)20-8-10-21(11-9-20)26-22(23)24-15-18-6-4-7-19(14-18)16-27-13-5-12-25-27;/h4-14,17H,3,15-16H2,1-2H3,(H3,23,24,26);1H. The highest BCUT2D eigenvalue weighted by Gasteiger charge is 2.03. The molecule has 1 unspecified atom stereocenters. The van der Waals surface area contributed by atoms with E-state index in [9.17, 15) is 0 Å². The van der Waals surface area contributed by atoms with Gasteiger partial charge in [0.2, 0.25) is 0 Å². The quantitative estimate of drug-likeness (QED) is 0.279. The first-order chi connectivity index (χ1) is 13.1. The predicted molar refractivity (Wildman–Crippen MR) is 127 cm³/mol. The summed E-state index contributed by atoms with van der Waals surface area (Å²) in [5.41, 5.74) is 10.7. The number of guanidine groups is 1. The van der Waals surface area contributed by atoms with Gasteiger partial charge in [-0.3, -0.25) is 4.68 Å². The molecule has 1 heterocycles. The highest BCUT2D eigenvalue weighted by molar-refractivity contribution is 14.0. The fourth-order valence-electron chi connectivity index (χ4n) is 2.90. The molecule has 1 aromatic heterocycles. The third-order valence-electron chi connectivity index (χ3n) is 4.69. The van der Waals surface area contributed by atoms with Crippen molar-refractivity contribution in [1.82, 2.24) is 9.78 Å². The Bertz CT molecular complexity index is 872. The Morgan fingerprint density at radius 1 is 1.14 bits per heavy atom. The molecule has 3 rings (SSSR count). The molecule has 6 heteroatoms. The van der Waals surface area contributed by atoms with Gasteiger partial charge >= 0.3 is 0 Å². The number of hydrogen-bond donors (Lipinski definition) is 2. The minimum Gasteiger partial charge on any atom is -0.370 e. The van der Waals surface area contributed by atoms with Crippen LogP contribution in [0.25, 0.3) is 0 Å². The van der Waals surface area contributed by atoms with Crippen LogP contribution in [0.2, 0.25) is 0 Å². The molecule has 28 heavy (non-hydrogen) atoms. The number of nitrogens with two attached hydrogens (primary N) is 1. The largest absolute Gasteiger partial charge is 0.370 e. The second-order valence-corrected chi connectivity index (χ2v) is 6.78. The Morgan fingerprint density at radius 2 is 1.89 bits per heavy atom. The van der Waals surface area contributed by atoms with Gasteiger partial charge in [0.15, 0.2) is 5.96 Å². The van der Waals surface area contributed by atoms with E-state index in [1.54, 1.807) is 6.20 Å². The third-order valence-corrected chi connectivity index (χ3v) is 4.69. The second-order valence-electron chi connectivity index (χ2n) is 6.78. The van der Waals surface area contributed by atoms with Gasteiger partial charge in [0.25, 0.3) is 0 Å². The monoisotopic (exact) mass is 489 g/mol. The Labute approximate surface area is 184 Å². The summed E-state index contributed by atoms with van der Waals surface area (Å²) in [6.45, 7) is 5.72. The minimum absolute atomic E-state index is 0. The first-order valence-corrected chi connectivity index (χ1v) is 9.36. The van der Waals surface area contributed by atoms with E-state index in [0.29, 0.717) is 18.4 Å². The minimum atomic E-state index is 0. The van der Waals surface area contributed by atoms with Crippen LogP contribution in [0.1, 0.15) is 42.9 Å². The predicted octanol–water partition coefficient (Wildman–Crippen LogP) is 4.99. The molecule has 0 aliphatic heterocycles. The zero-order valence-corrected chi connectivity index (χ0v) is 18.7. The van der Waals surface area contributed by atoms with E-state index in [2.05, 4.69) is 71.7 Å². The van der Waals surface area contributed by atoms with Gasteiger partial charge in [0, 0.05) is 18.1 Å². The van der Waals surface area contributed by atoms with Crippen LogP contribution in [0, 0.1) is 0 Å². The average molecular weight is 489 g/mol. The lowest BCUT2D eigenvalue weighted by Crippen LogP contribution is -2.22. The molecule has 0 amide bonds. The number of aliphatic imine (C=N–C) groups is 1. The third kappa shape index (κ3) is 6.37. The van der Waals surface area contributed by atoms with Crippen LogP contribution < -0.4 is 11.1 Å². The number of benzene rings is 2. The number of anilines is 1. The van der Waals surface area contributed by atoms with E-state index in [4.69, 9.17) is 5.73 Å². The second kappa shape index (κ2) is 10.8. The van der Waals surface area contributed by atoms with Crippen molar-refractivity contribution in [3.8, 4) is 0 Å². The molecule has 148 valence electrons. The fourth-order valence-corrected chi connectivity index (χ4v) is 2.90. The molecule has 2 aromatic carbocycles. The van der Waals surface area contributed by atoms with Gasteiger partial charge in [-0.2, -0.15) is 5.10 Å². The maximum atomic E-state index is 6.05. The van der Waals surface area contributed by atoms with E-state index in [-0.39, 0.29) is 24.0 Å². The van der Waals surface area contributed by atoms with Gasteiger partial charge in [0.1, 0.15) is 0 Å². The normalized spacial score (nSPS) is 12.3. The summed E-state index contributed by atoms with van der Waals surface area (Å²) in [4.78, 5) is 4.46. The summed E-state index contributed by atoms with van der Waals surface area (Å²) in [6, 6.07) is 18.6. The summed E-state index contributed by atoms with van der Waals surface area (Å²) in [6.07, 6.45) is 4.88. The summed E-state index contributed by atoms with van der Waals surface area (Å²) >= 11 is 0. The van der Waals surface area contributed by atoms with E-state index in [1.165, 1.54) is 11.1 Å². The van der Waals surface area contributed by atoms with E-state index < -0.39 is 0 Å². The molecule has 3 aromatic rings. The van der Waals surface area contributed by atoms with E-state index >= 15 is 0 Å². The molecule has 0 saturated heterocycles. The zero-order valence-electron chi connectivity index (χ0n) is 16.4. The lowest BCUT2D eigenvalue weighted by molar-refractivity contribution is 0.686. The number of rotatable bonds is 7. The van der Waals surface area contributed by atoms with Crippen LogP contribution in [-0.4, -0.2) is 15.7 Å². The van der Waals surface area contributed by atoms with Gasteiger partial charge in [0.05, 0.1) is 13.1 Å². The van der Waals surface area contributed by atoms with Crippen LogP contribution in [0.15, 0.2) is 72.0 Å². The maximum absolute atomic E-state index is 6.05. The van der Waals surface area contributed by atoms with Crippen molar-refractivity contribution in [1.29, 1.82) is 0 Å². The smallest absolute Gasteiger partial charge is 0.193 e. The average Bonchev–Trinajstić information content (AvgIpc) is 3.20. The number of aromatic nitrogens is 2. The van der Waals surface area contributed by atoms with Gasteiger partial charge in [-0.15, -0.1) is 24.0 Å². The van der Waals surface area contributed by atoms with Crippen LogP contribution in [0.5, 0.6) is 0 Å². The van der Waals surface area contributed by atoms with Crippen LogP contribution in [-0.2, 0) is 13.1 Å². The molecule has 0 spiro atoms. The molecule has 0 bridgehead atoms. The molecule has 0 radical (unpaired) electrons. The zero-order chi connectivity index (χ0) is 19.1. The van der Waals surface area contributed by atoms with Crippen LogP contribution in [0.4, 0.5) is 5.69 Å². The molecule has 5 nitrogen and oxygen atoms in total. The molecule has 1 atom stereocenters.